The molecule has 1 rings (SSSR count). The first-order chi connectivity index (χ1) is 8.90. The molecule has 0 aliphatic heterocycles. The zero-order valence-corrected chi connectivity index (χ0v) is 11.9. The second kappa shape index (κ2) is 5.11. The predicted molar refractivity (Wildman–Crippen MR) is 67.9 cm³/mol. The van der Waals surface area contributed by atoms with Gasteiger partial charge in [-0.05, 0) is 24.3 Å². The van der Waals surface area contributed by atoms with Gasteiger partial charge in [0.15, 0.2) is 19.7 Å². The van der Waals surface area contributed by atoms with Crippen LogP contribution in [-0.4, -0.2) is 44.8 Å². The summed E-state index contributed by atoms with van der Waals surface area (Å²) in [7, 11) is -8.70. The fourth-order valence-corrected chi connectivity index (χ4v) is 4.38. The van der Waals surface area contributed by atoms with E-state index in [1.165, 1.54) is 0 Å². The lowest BCUT2D eigenvalue weighted by atomic mass is 10.3. The van der Waals surface area contributed by atoms with Crippen LogP contribution in [0.4, 0.5) is 4.39 Å². The molecule has 0 spiro atoms. The fraction of sp³-hybridized carbons (Fsp3) is 0.300. The van der Waals surface area contributed by atoms with Crippen LogP contribution in [0.15, 0.2) is 29.2 Å². The Morgan fingerprint density at radius 1 is 1.25 bits per heavy atom. The third kappa shape index (κ3) is 3.14. The molecular formula is C10H12FNO6S2. The number of carboxylic acids is 1. The average Bonchev–Trinajstić information content (AvgIpc) is 2.27. The Balaban J connectivity index is 3.31. The largest absolute Gasteiger partial charge is 0.479 e. The number of halogens is 1. The first-order valence-corrected chi connectivity index (χ1v) is 8.65. The van der Waals surface area contributed by atoms with Crippen LogP contribution in [0.2, 0.25) is 0 Å². The van der Waals surface area contributed by atoms with E-state index < -0.39 is 47.0 Å². The van der Waals surface area contributed by atoms with Gasteiger partial charge in [-0.15, -0.1) is 0 Å². The van der Waals surface area contributed by atoms with Crippen LogP contribution >= 0.6 is 0 Å². The van der Waals surface area contributed by atoms with Crippen LogP contribution in [0.25, 0.3) is 0 Å². The smallest absolute Gasteiger partial charge is 0.340 e. The highest BCUT2D eigenvalue weighted by Crippen LogP contribution is 2.20. The Kier molecular flexibility index (Phi) is 4.22. The lowest BCUT2D eigenvalue weighted by Crippen LogP contribution is -2.58. The summed E-state index contributed by atoms with van der Waals surface area (Å²) in [5.74, 6) is -4.02. The predicted octanol–water partition coefficient (Wildman–Crippen LogP) is -0.616. The maximum Gasteiger partial charge on any atom is 0.340 e. The number of carboxylic acid groups (broad SMARTS) is 1. The van der Waals surface area contributed by atoms with Gasteiger partial charge >= 0.3 is 5.97 Å². The summed E-state index contributed by atoms with van der Waals surface area (Å²) >= 11 is 0. The monoisotopic (exact) mass is 325 g/mol. The summed E-state index contributed by atoms with van der Waals surface area (Å²) in [5.41, 5.74) is 5.23. The summed E-state index contributed by atoms with van der Waals surface area (Å²) in [6.07, 6.45) is 0.529. The standard InChI is InChI=1S/C10H12FNO6S2/c1-19(15,16)10(12,9(13)14)6-20(17,18)8-4-2-7(11)3-5-8/h2-5H,6,12H2,1H3,(H,13,14). The summed E-state index contributed by atoms with van der Waals surface area (Å²) in [5, 5.41) is 8.89. The number of benzene rings is 1. The van der Waals surface area contributed by atoms with Crippen molar-refractivity contribution in [3.8, 4) is 0 Å². The molecule has 3 N–H and O–H groups in total. The number of rotatable bonds is 5. The van der Waals surface area contributed by atoms with Crippen molar-refractivity contribution in [3.63, 3.8) is 0 Å². The zero-order valence-electron chi connectivity index (χ0n) is 10.3. The number of carbonyl (C=O) groups is 1. The average molecular weight is 325 g/mol. The molecule has 1 aromatic carbocycles. The van der Waals surface area contributed by atoms with Crippen molar-refractivity contribution in [1.82, 2.24) is 0 Å². The van der Waals surface area contributed by atoms with E-state index in [1.54, 1.807) is 0 Å². The van der Waals surface area contributed by atoms with Gasteiger partial charge in [0.05, 0.1) is 10.6 Å². The van der Waals surface area contributed by atoms with Gasteiger partial charge in [0.1, 0.15) is 5.82 Å². The molecular weight excluding hydrogens is 313 g/mol. The number of hydrogen-bond donors (Lipinski definition) is 2. The van der Waals surface area contributed by atoms with Crippen LogP contribution in [0.3, 0.4) is 0 Å². The summed E-state index contributed by atoms with van der Waals surface area (Å²) in [6.45, 7) is 0. The molecule has 1 unspecified atom stereocenters. The van der Waals surface area contributed by atoms with Gasteiger partial charge in [-0.3, -0.25) is 0 Å². The highest BCUT2D eigenvalue weighted by molar-refractivity contribution is 7.96. The van der Waals surface area contributed by atoms with Crippen molar-refractivity contribution in [2.24, 2.45) is 5.73 Å². The van der Waals surface area contributed by atoms with E-state index in [9.17, 15) is 26.0 Å². The normalized spacial score (nSPS) is 15.6. The lowest BCUT2D eigenvalue weighted by molar-refractivity contribution is -0.139. The van der Waals surface area contributed by atoms with E-state index in [-0.39, 0.29) is 0 Å². The number of sulfone groups is 2. The van der Waals surface area contributed by atoms with Crippen LogP contribution in [0, 0.1) is 5.82 Å². The Hall–Kier alpha value is -1.52. The topological polar surface area (TPSA) is 132 Å². The quantitative estimate of drug-likeness (QED) is 0.690. The number of hydrogen-bond acceptors (Lipinski definition) is 6. The summed E-state index contributed by atoms with van der Waals surface area (Å²) in [4.78, 5) is 7.61. The van der Waals surface area contributed by atoms with Crippen molar-refractivity contribution >= 4 is 25.6 Å². The summed E-state index contributed by atoms with van der Waals surface area (Å²) < 4.78 is 59.5. The molecule has 0 saturated heterocycles. The highest BCUT2D eigenvalue weighted by Gasteiger charge is 2.48. The minimum Gasteiger partial charge on any atom is -0.479 e. The second-order valence-corrected chi connectivity index (χ2v) is 8.44. The van der Waals surface area contributed by atoms with Crippen LogP contribution in [0.5, 0.6) is 0 Å². The molecule has 20 heavy (non-hydrogen) atoms. The lowest BCUT2D eigenvalue weighted by Gasteiger charge is -2.22. The van der Waals surface area contributed by atoms with E-state index in [0.29, 0.717) is 6.26 Å². The highest BCUT2D eigenvalue weighted by atomic mass is 32.2. The molecule has 7 nitrogen and oxygen atoms in total. The SMILES string of the molecule is CS(=O)(=O)C(N)(CS(=O)(=O)c1ccc(F)cc1)C(=O)O. The molecule has 0 bridgehead atoms. The first-order valence-electron chi connectivity index (χ1n) is 5.10. The molecule has 0 aromatic heterocycles. The van der Waals surface area contributed by atoms with E-state index >= 15 is 0 Å². The number of nitrogens with two attached hydrogens (primary N) is 1. The molecule has 0 radical (unpaired) electrons. The minimum atomic E-state index is -4.39. The molecule has 1 atom stereocenters. The van der Waals surface area contributed by atoms with Crippen LogP contribution in [-0.2, 0) is 24.5 Å². The van der Waals surface area contributed by atoms with E-state index in [1.807, 2.05) is 0 Å². The Labute approximate surface area is 115 Å². The molecule has 0 fully saturated rings. The van der Waals surface area contributed by atoms with Crippen molar-refractivity contribution in [3.05, 3.63) is 30.1 Å². The molecule has 0 saturated carbocycles. The van der Waals surface area contributed by atoms with Crippen molar-refractivity contribution in [2.75, 3.05) is 12.0 Å². The Bertz CT molecular complexity index is 726. The van der Waals surface area contributed by atoms with Crippen LogP contribution in [0.1, 0.15) is 0 Å². The molecule has 0 aliphatic carbocycles. The second-order valence-electron chi connectivity index (χ2n) is 4.18. The maximum absolute atomic E-state index is 12.7. The van der Waals surface area contributed by atoms with Crippen molar-refractivity contribution in [1.29, 1.82) is 0 Å². The fourth-order valence-electron chi connectivity index (χ4n) is 1.33. The van der Waals surface area contributed by atoms with Gasteiger partial charge in [0.2, 0.25) is 4.87 Å². The first kappa shape index (κ1) is 16.5. The van der Waals surface area contributed by atoms with Gasteiger partial charge in [0.25, 0.3) is 0 Å². The minimum absolute atomic E-state index is 0.418. The molecule has 0 amide bonds. The van der Waals surface area contributed by atoms with Crippen LogP contribution < -0.4 is 5.73 Å². The molecule has 10 heteroatoms. The summed E-state index contributed by atoms with van der Waals surface area (Å²) in [6, 6.07) is 3.50. The molecule has 0 aliphatic rings. The van der Waals surface area contributed by atoms with Crippen molar-refractivity contribution in [2.45, 2.75) is 9.77 Å². The van der Waals surface area contributed by atoms with Gasteiger partial charge in [-0.25, -0.2) is 26.0 Å². The maximum atomic E-state index is 12.7. The van der Waals surface area contributed by atoms with Gasteiger partial charge < -0.3 is 10.8 Å². The number of aliphatic carboxylic acids is 1. The van der Waals surface area contributed by atoms with Gasteiger partial charge in [-0.2, -0.15) is 0 Å². The third-order valence-electron chi connectivity index (χ3n) is 2.60. The third-order valence-corrected chi connectivity index (χ3v) is 6.25. The van der Waals surface area contributed by atoms with Gasteiger partial charge in [-0.1, -0.05) is 0 Å². The Morgan fingerprint density at radius 3 is 2.05 bits per heavy atom. The zero-order chi connectivity index (χ0) is 15.8. The van der Waals surface area contributed by atoms with E-state index in [4.69, 9.17) is 10.8 Å². The molecule has 1 aromatic rings. The van der Waals surface area contributed by atoms with E-state index in [2.05, 4.69) is 0 Å². The molecule has 112 valence electrons. The van der Waals surface area contributed by atoms with Crippen molar-refractivity contribution < 1.29 is 31.1 Å². The van der Waals surface area contributed by atoms with E-state index in [0.717, 1.165) is 24.3 Å². The van der Waals surface area contributed by atoms with Gasteiger partial charge in [0, 0.05) is 6.26 Å². The Morgan fingerprint density at radius 2 is 1.70 bits per heavy atom. The molecule has 0 heterocycles.